The molecule has 4 aliphatic rings. The number of anilines is 1. The number of aromatic nitrogens is 2. The number of nitrogens with one attached hydrogen (secondary N) is 2. The van der Waals surface area contributed by atoms with E-state index < -0.39 is 0 Å². The fourth-order valence-corrected chi connectivity index (χ4v) is 7.53. The van der Waals surface area contributed by atoms with Gasteiger partial charge in [0, 0.05) is 23.0 Å². The van der Waals surface area contributed by atoms with Crippen LogP contribution in [0.2, 0.25) is 0 Å². The molecule has 4 fully saturated rings. The van der Waals surface area contributed by atoms with Crippen molar-refractivity contribution >= 4 is 11.6 Å². The second-order valence-electron chi connectivity index (χ2n) is 10.9. The van der Waals surface area contributed by atoms with Crippen LogP contribution in [0.3, 0.4) is 0 Å². The number of benzene rings is 1. The molecule has 0 saturated heterocycles. The summed E-state index contributed by atoms with van der Waals surface area (Å²) in [7, 11) is 0. The standard InChI is InChI=1S/C25H31N3O2/c1-4-18-9-20(29)28-21(26-18)17-6-5-7-19(8-17)27-22(30)25-12-16-10-23(2,14-25)13-24(3,11-16)15-25/h5-9,16H,4,10-15H2,1-3H3,(H,27,30)(H,26,28,29). The molecule has 1 heterocycles. The lowest BCUT2D eigenvalue weighted by atomic mass is 9.40. The van der Waals surface area contributed by atoms with Gasteiger partial charge in [-0.3, -0.25) is 9.59 Å². The Bertz CT molecular complexity index is 1050. The summed E-state index contributed by atoms with van der Waals surface area (Å²) < 4.78 is 0. The molecule has 2 aromatic rings. The fourth-order valence-electron chi connectivity index (χ4n) is 7.53. The quantitative estimate of drug-likeness (QED) is 0.757. The number of H-pyrrole nitrogens is 1. The van der Waals surface area contributed by atoms with Gasteiger partial charge in [-0.15, -0.1) is 0 Å². The number of carbonyl (C=O) groups excluding carboxylic acids is 1. The number of amides is 1. The first-order valence-electron chi connectivity index (χ1n) is 11.2. The molecule has 2 atom stereocenters. The maximum Gasteiger partial charge on any atom is 0.251 e. The van der Waals surface area contributed by atoms with Gasteiger partial charge in [0.15, 0.2) is 0 Å². The molecule has 5 heteroatoms. The second kappa shape index (κ2) is 6.53. The van der Waals surface area contributed by atoms with Crippen LogP contribution in [-0.4, -0.2) is 15.9 Å². The molecule has 1 aromatic carbocycles. The number of aryl methyl sites for hydroxylation is 1. The summed E-state index contributed by atoms with van der Waals surface area (Å²) in [6, 6.07) is 9.20. The molecule has 2 N–H and O–H groups in total. The number of carbonyl (C=O) groups is 1. The zero-order valence-corrected chi connectivity index (χ0v) is 18.2. The van der Waals surface area contributed by atoms with E-state index in [1.807, 2.05) is 31.2 Å². The highest BCUT2D eigenvalue weighted by Gasteiger charge is 2.62. The van der Waals surface area contributed by atoms with Crippen molar-refractivity contribution in [2.24, 2.45) is 22.2 Å². The Balaban J connectivity index is 1.42. The van der Waals surface area contributed by atoms with Crippen LogP contribution in [0.15, 0.2) is 35.1 Å². The highest BCUT2D eigenvalue weighted by atomic mass is 16.2. The average molecular weight is 406 g/mol. The molecule has 1 aromatic heterocycles. The van der Waals surface area contributed by atoms with E-state index in [2.05, 4.69) is 29.1 Å². The van der Waals surface area contributed by atoms with Crippen LogP contribution in [-0.2, 0) is 11.2 Å². The molecule has 5 nitrogen and oxygen atoms in total. The molecule has 30 heavy (non-hydrogen) atoms. The minimum atomic E-state index is -0.242. The van der Waals surface area contributed by atoms with Crippen molar-refractivity contribution in [2.45, 2.75) is 65.7 Å². The van der Waals surface area contributed by atoms with E-state index >= 15 is 0 Å². The molecule has 1 amide bonds. The Morgan fingerprint density at radius 2 is 1.87 bits per heavy atom. The first kappa shape index (κ1) is 19.5. The second-order valence-corrected chi connectivity index (χ2v) is 10.9. The van der Waals surface area contributed by atoms with Gasteiger partial charge >= 0.3 is 0 Å². The van der Waals surface area contributed by atoms with Crippen LogP contribution >= 0.6 is 0 Å². The molecule has 4 bridgehead atoms. The molecule has 158 valence electrons. The van der Waals surface area contributed by atoms with Crippen molar-refractivity contribution in [1.29, 1.82) is 0 Å². The topological polar surface area (TPSA) is 74.8 Å². The van der Waals surface area contributed by atoms with Gasteiger partial charge in [0.2, 0.25) is 5.91 Å². The van der Waals surface area contributed by atoms with Crippen LogP contribution in [0.4, 0.5) is 5.69 Å². The summed E-state index contributed by atoms with van der Waals surface area (Å²) in [5.74, 6) is 1.40. The molecule has 4 aliphatic carbocycles. The van der Waals surface area contributed by atoms with Crippen molar-refractivity contribution in [1.82, 2.24) is 9.97 Å². The Morgan fingerprint density at radius 3 is 2.53 bits per heavy atom. The van der Waals surface area contributed by atoms with E-state index in [-0.39, 0.29) is 16.9 Å². The van der Waals surface area contributed by atoms with Crippen molar-refractivity contribution in [2.75, 3.05) is 5.32 Å². The minimum Gasteiger partial charge on any atom is -0.326 e. The number of aromatic amines is 1. The van der Waals surface area contributed by atoms with Gasteiger partial charge < -0.3 is 10.3 Å². The third-order valence-corrected chi connectivity index (χ3v) is 7.66. The molecule has 2 unspecified atom stereocenters. The Kier molecular flexibility index (Phi) is 4.25. The summed E-state index contributed by atoms with van der Waals surface area (Å²) in [6.07, 6.45) is 7.55. The van der Waals surface area contributed by atoms with Gasteiger partial charge in [-0.25, -0.2) is 4.98 Å². The van der Waals surface area contributed by atoms with E-state index in [1.165, 1.54) is 25.3 Å². The largest absolute Gasteiger partial charge is 0.326 e. The maximum absolute atomic E-state index is 13.6. The first-order valence-corrected chi connectivity index (χ1v) is 11.2. The number of hydrogen-bond acceptors (Lipinski definition) is 3. The predicted octanol–water partition coefficient (Wildman–Crippen LogP) is 4.93. The monoisotopic (exact) mass is 405 g/mol. The Labute approximate surface area is 177 Å². The molecule has 0 radical (unpaired) electrons. The lowest BCUT2D eigenvalue weighted by Gasteiger charge is -2.64. The number of nitrogens with zero attached hydrogens (tertiary/aromatic N) is 1. The van der Waals surface area contributed by atoms with Crippen LogP contribution in [0.5, 0.6) is 0 Å². The summed E-state index contributed by atoms with van der Waals surface area (Å²) >= 11 is 0. The fraction of sp³-hybridized carbons (Fsp3) is 0.560. The summed E-state index contributed by atoms with van der Waals surface area (Å²) in [6.45, 7) is 6.76. The number of rotatable bonds is 4. The average Bonchev–Trinajstić information content (AvgIpc) is 2.65. The summed E-state index contributed by atoms with van der Waals surface area (Å²) in [5, 5.41) is 3.23. The molecule has 4 saturated carbocycles. The van der Waals surface area contributed by atoms with E-state index in [0.717, 1.165) is 36.2 Å². The van der Waals surface area contributed by atoms with Crippen LogP contribution in [0.1, 0.15) is 65.0 Å². The Morgan fingerprint density at radius 1 is 1.13 bits per heavy atom. The lowest BCUT2D eigenvalue weighted by molar-refractivity contribution is -0.165. The van der Waals surface area contributed by atoms with E-state index in [4.69, 9.17) is 0 Å². The van der Waals surface area contributed by atoms with Gasteiger partial charge in [0.25, 0.3) is 5.56 Å². The van der Waals surface area contributed by atoms with Gasteiger partial charge in [-0.1, -0.05) is 32.9 Å². The lowest BCUT2D eigenvalue weighted by Crippen LogP contribution is -2.58. The van der Waals surface area contributed by atoms with Crippen molar-refractivity contribution in [3.8, 4) is 11.4 Å². The molecular weight excluding hydrogens is 374 g/mol. The highest BCUT2D eigenvalue weighted by molar-refractivity contribution is 5.96. The first-order chi connectivity index (χ1) is 14.2. The normalized spacial score (nSPS) is 34.2. The van der Waals surface area contributed by atoms with Crippen LogP contribution in [0.25, 0.3) is 11.4 Å². The van der Waals surface area contributed by atoms with Crippen molar-refractivity contribution < 1.29 is 4.79 Å². The van der Waals surface area contributed by atoms with Crippen LogP contribution in [0, 0.1) is 22.2 Å². The zero-order chi connectivity index (χ0) is 21.1. The molecule has 0 aliphatic heterocycles. The van der Waals surface area contributed by atoms with Crippen molar-refractivity contribution in [3.05, 3.63) is 46.4 Å². The van der Waals surface area contributed by atoms with Crippen LogP contribution < -0.4 is 10.9 Å². The number of hydrogen-bond donors (Lipinski definition) is 2. The van der Waals surface area contributed by atoms with E-state index in [0.29, 0.717) is 29.0 Å². The maximum atomic E-state index is 13.6. The smallest absolute Gasteiger partial charge is 0.251 e. The Hall–Kier alpha value is -2.43. The van der Waals surface area contributed by atoms with Gasteiger partial charge in [0.1, 0.15) is 5.82 Å². The van der Waals surface area contributed by atoms with Gasteiger partial charge in [-0.2, -0.15) is 0 Å². The van der Waals surface area contributed by atoms with Gasteiger partial charge in [-0.05, 0) is 73.8 Å². The molecule has 0 spiro atoms. The van der Waals surface area contributed by atoms with E-state index in [1.54, 1.807) is 0 Å². The molecule has 6 rings (SSSR count). The van der Waals surface area contributed by atoms with Crippen molar-refractivity contribution in [3.63, 3.8) is 0 Å². The zero-order valence-electron chi connectivity index (χ0n) is 18.2. The SMILES string of the molecule is CCc1cc(=O)[nH]c(-c2cccc(NC(=O)C34CC5CC(C)(CC(C)(C5)C3)C4)c2)n1. The minimum absolute atomic E-state index is 0.152. The van der Waals surface area contributed by atoms with E-state index in [9.17, 15) is 9.59 Å². The highest BCUT2D eigenvalue weighted by Crippen LogP contribution is 2.69. The third kappa shape index (κ3) is 3.28. The molecular formula is C25H31N3O2. The summed E-state index contributed by atoms with van der Waals surface area (Å²) in [4.78, 5) is 32.9. The van der Waals surface area contributed by atoms with Gasteiger partial charge in [0.05, 0.1) is 5.41 Å². The predicted molar refractivity (Wildman–Crippen MR) is 118 cm³/mol. The third-order valence-electron chi connectivity index (χ3n) is 7.66. The summed E-state index contributed by atoms with van der Waals surface area (Å²) in [5.41, 5.74) is 2.56.